The van der Waals surface area contributed by atoms with E-state index in [1.807, 2.05) is 0 Å². The van der Waals surface area contributed by atoms with Crippen LogP contribution in [0.15, 0.2) is 0 Å². The second-order valence-electron chi connectivity index (χ2n) is 2.38. The van der Waals surface area contributed by atoms with E-state index in [0.717, 1.165) is 6.42 Å². The molecule has 1 amide bonds. The van der Waals surface area contributed by atoms with Gasteiger partial charge in [-0.15, -0.1) is 0 Å². The zero-order valence-corrected chi connectivity index (χ0v) is 5.50. The summed E-state index contributed by atoms with van der Waals surface area (Å²) < 4.78 is 0. The summed E-state index contributed by atoms with van der Waals surface area (Å²) >= 11 is 0. The molecule has 0 aromatic rings. The van der Waals surface area contributed by atoms with Gasteiger partial charge in [-0.2, -0.15) is 0 Å². The lowest BCUT2D eigenvalue weighted by atomic mass is 10.2. The van der Waals surface area contributed by atoms with Gasteiger partial charge in [0, 0.05) is 13.5 Å². The Morgan fingerprint density at radius 1 is 1.89 bits per heavy atom. The third-order valence-corrected chi connectivity index (χ3v) is 1.84. The van der Waals surface area contributed by atoms with Crippen molar-refractivity contribution in [3.8, 4) is 0 Å². The minimum absolute atomic E-state index is 0.0810. The first-order chi connectivity index (χ1) is 4.25. The Hall–Kier alpha value is -0.570. The standard InChI is InChI=1S/C6H11NO2/c1-7-5(4-8)2-3-6(7)9/h5,8H,2-4H2,1H3/t5-/m0/s1. The molecule has 9 heavy (non-hydrogen) atoms. The molecule has 0 spiro atoms. The van der Waals surface area contributed by atoms with Crippen LogP contribution in [0.1, 0.15) is 12.8 Å². The van der Waals surface area contributed by atoms with Gasteiger partial charge in [0.15, 0.2) is 0 Å². The Balaban J connectivity index is 2.51. The van der Waals surface area contributed by atoms with Gasteiger partial charge in [0.1, 0.15) is 0 Å². The van der Waals surface area contributed by atoms with Gasteiger partial charge in [-0.25, -0.2) is 0 Å². The molecule has 1 aliphatic heterocycles. The van der Waals surface area contributed by atoms with Crippen molar-refractivity contribution < 1.29 is 9.90 Å². The van der Waals surface area contributed by atoms with Gasteiger partial charge in [-0.3, -0.25) is 4.79 Å². The number of hydrogen-bond donors (Lipinski definition) is 1. The lowest BCUT2D eigenvalue weighted by Crippen LogP contribution is -2.31. The van der Waals surface area contributed by atoms with Gasteiger partial charge >= 0.3 is 0 Å². The van der Waals surface area contributed by atoms with Crippen molar-refractivity contribution in [2.75, 3.05) is 13.7 Å². The van der Waals surface area contributed by atoms with E-state index < -0.39 is 0 Å². The molecular weight excluding hydrogens is 118 g/mol. The van der Waals surface area contributed by atoms with Gasteiger partial charge < -0.3 is 10.0 Å². The molecule has 0 aromatic heterocycles. The molecule has 1 fully saturated rings. The van der Waals surface area contributed by atoms with Crippen LogP contribution < -0.4 is 0 Å². The highest BCUT2D eigenvalue weighted by atomic mass is 16.3. The van der Waals surface area contributed by atoms with Crippen LogP contribution in [0.4, 0.5) is 0 Å². The fraction of sp³-hybridized carbons (Fsp3) is 0.833. The highest BCUT2D eigenvalue weighted by Crippen LogP contribution is 2.14. The topological polar surface area (TPSA) is 40.5 Å². The molecule has 0 unspecified atom stereocenters. The van der Waals surface area contributed by atoms with Crippen LogP contribution in [-0.2, 0) is 4.79 Å². The molecule has 0 saturated carbocycles. The molecule has 3 nitrogen and oxygen atoms in total. The summed E-state index contributed by atoms with van der Waals surface area (Å²) in [5, 5.41) is 8.66. The third kappa shape index (κ3) is 1.05. The van der Waals surface area contributed by atoms with E-state index in [2.05, 4.69) is 0 Å². The summed E-state index contributed by atoms with van der Waals surface area (Å²) in [6.07, 6.45) is 1.41. The van der Waals surface area contributed by atoms with Crippen molar-refractivity contribution in [1.29, 1.82) is 0 Å². The number of likely N-dealkylation sites (N-methyl/N-ethyl adjacent to an activating group) is 1. The molecule has 0 aliphatic carbocycles. The maximum absolute atomic E-state index is 10.8. The second-order valence-corrected chi connectivity index (χ2v) is 2.38. The first kappa shape index (κ1) is 6.55. The number of hydrogen-bond acceptors (Lipinski definition) is 2. The van der Waals surface area contributed by atoms with Crippen molar-refractivity contribution in [3.63, 3.8) is 0 Å². The van der Waals surface area contributed by atoms with E-state index in [9.17, 15) is 4.79 Å². The van der Waals surface area contributed by atoms with Crippen LogP contribution in [-0.4, -0.2) is 35.6 Å². The molecule has 0 bridgehead atoms. The summed E-state index contributed by atoms with van der Waals surface area (Å²) in [6.45, 7) is 0.0994. The number of aliphatic hydroxyl groups is 1. The lowest BCUT2D eigenvalue weighted by molar-refractivity contribution is -0.128. The molecule has 1 N–H and O–H groups in total. The monoisotopic (exact) mass is 129 g/mol. The Morgan fingerprint density at radius 2 is 2.56 bits per heavy atom. The number of aliphatic hydroxyl groups excluding tert-OH is 1. The van der Waals surface area contributed by atoms with Crippen LogP contribution in [0, 0.1) is 0 Å². The molecule has 0 aromatic carbocycles. The number of carbonyl (C=O) groups is 1. The van der Waals surface area contributed by atoms with E-state index >= 15 is 0 Å². The quantitative estimate of drug-likeness (QED) is 0.523. The fourth-order valence-corrected chi connectivity index (χ4v) is 1.08. The molecule has 3 heteroatoms. The summed E-state index contributed by atoms with van der Waals surface area (Å²) in [5.74, 6) is 0.147. The molecule has 1 aliphatic rings. The molecule has 1 atom stereocenters. The largest absolute Gasteiger partial charge is 0.394 e. The molecule has 1 heterocycles. The molecule has 1 saturated heterocycles. The zero-order chi connectivity index (χ0) is 6.85. The second kappa shape index (κ2) is 2.35. The van der Waals surface area contributed by atoms with Crippen LogP contribution in [0.2, 0.25) is 0 Å². The maximum atomic E-state index is 10.8. The minimum atomic E-state index is 0.0810. The third-order valence-electron chi connectivity index (χ3n) is 1.84. The van der Waals surface area contributed by atoms with E-state index in [-0.39, 0.29) is 18.6 Å². The van der Waals surface area contributed by atoms with Crippen molar-refractivity contribution in [2.45, 2.75) is 18.9 Å². The number of nitrogens with zero attached hydrogens (tertiary/aromatic N) is 1. The summed E-state index contributed by atoms with van der Waals surface area (Å²) in [7, 11) is 1.73. The van der Waals surface area contributed by atoms with Gasteiger partial charge in [-0.05, 0) is 6.42 Å². The Morgan fingerprint density at radius 3 is 2.78 bits per heavy atom. The predicted octanol–water partition coefficient (Wildman–Crippen LogP) is -0.401. The average molecular weight is 129 g/mol. The minimum Gasteiger partial charge on any atom is -0.394 e. The van der Waals surface area contributed by atoms with E-state index in [1.165, 1.54) is 0 Å². The van der Waals surface area contributed by atoms with Crippen LogP contribution in [0.3, 0.4) is 0 Å². The first-order valence-electron chi connectivity index (χ1n) is 3.12. The van der Waals surface area contributed by atoms with Crippen molar-refractivity contribution in [3.05, 3.63) is 0 Å². The summed E-state index contributed by atoms with van der Waals surface area (Å²) in [5.41, 5.74) is 0. The molecule has 0 radical (unpaired) electrons. The maximum Gasteiger partial charge on any atom is 0.222 e. The van der Waals surface area contributed by atoms with Crippen molar-refractivity contribution in [2.24, 2.45) is 0 Å². The Bertz CT molecular complexity index is 124. The van der Waals surface area contributed by atoms with Crippen LogP contribution in [0.5, 0.6) is 0 Å². The predicted molar refractivity (Wildman–Crippen MR) is 32.9 cm³/mol. The number of likely N-dealkylation sites (tertiary alicyclic amines) is 1. The smallest absolute Gasteiger partial charge is 0.222 e. The van der Waals surface area contributed by atoms with Gasteiger partial charge in [0.05, 0.1) is 12.6 Å². The van der Waals surface area contributed by atoms with Gasteiger partial charge in [0.25, 0.3) is 0 Å². The van der Waals surface area contributed by atoms with E-state index in [1.54, 1.807) is 11.9 Å². The zero-order valence-electron chi connectivity index (χ0n) is 5.50. The molecule has 1 rings (SSSR count). The highest BCUT2D eigenvalue weighted by Gasteiger charge is 2.26. The van der Waals surface area contributed by atoms with Crippen molar-refractivity contribution in [1.82, 2.24) is 4.90 Å². The van der Waals surface area contributed by atoms with Gasteiger partial charge in [-0.1, -0.05) is 0 Å². The van der Waals surface area contributed by atoms with Gasteiger partial charge in [0.2, 0.25) is 5.91 Å². The van der Waals surface area contributed by atoms with E-state index in [4.69, 9.17) is 5.11 Å². The summed E-state index contributed by atoms with van der Waals surface area (Å²) in [4.78, 5) is 12.4. The Labute approximate surface area is 54.3 Å². The normalized spacial score (nSPS) is 27.6. The first-order valence-corrected chi connectivity index (χ1v) is 3.12. The number of carbonyl (C=O) groups excluding carboxylic acids is 1. The molecular formula is C6H11NO2. The number of rotatable bonds is 1. The summed E-state index contributed by atoms with van der Waals surface area (Å²) in [6, 6.07) is 0.0810. The SMILES string of the molecule is CN1C(=O)CC[C@H]1CO. The highest BCUT2D eigenvalue weighted by molar-refractivity contribution is 5.78. The van der Waals surface area contributed by atoms with E-state index in [0.29, 0.717) is 6.42 Å². The lowest BCUT2D eigenvalue weighted by Gasteiger charge is -2.16. The Kier molecular flexibility index (Phi) is 1.71. The van der Waals surface area contributed by atoms with Crippen LogP contribution in [0.25, 0.3) is 0 Å². The average Bonchev–Trinajstić information content (AvgIpc) is 2.15. The fourth-order valence-electron chi connectivity index (χ4n) is 1.08. The van der Waals surface area contributed by atoms with Crippen LogP contribution >= 0.6 is 0 Å². The molecule has 52 valence electrons. The van der Waals surface area contributed by atoms with Crippen molar-refractivity contribution >= 4 is 5.91 Å². The number of amides is 1.